The molecule has 0 saturated heterocycles. The molecular formula is C17H20N2O4. The summed E-state index contributed by atoms with van der Waals surface area (Å²) in [4.78, 5) is 12.3. The summed E-state index contributed by atoms with van der Waals surface area (Å²) in [5, 5.41) is 4.27. The van der Waals surface area contributed by atoms with Crippen molar-refractivity contribution < 1.29 is 19.0 Å². The summed E-state index contributed by atoms with van der Waals surface area (Å²) in [6.45, 7) is 0. The second-order valence-electron chi connectivity index (χ2n) is 5.60. The number of hydrogen-bond donors (Lipinski definition) is 1. The SMILES string of the molecule is COc1cc(C(=O)N/N=C2/CC3C=CCC23)cc(OC)c1OC. The van der Waals surface area contributed by atoms with Crippen LogP contribution in [0.15, 0.2) is 29.4 Å². The number of carbonyl (C=O) groups excluding carboxylic acids is 1. The second-order valence-corrected chi connectivity index (χ2v) is 5.60. The number of amides is 1. The molecule has 0 bridgehead atoms. The maximum Gasteiger partial charge on any atom is 0.271 e. The maximum atomic E-state index is 12.3. The predicted molar refractivity (Wildman–Crippen MR) is 86.4 cm³/mol. The summed E-state index contributed by atoms with van der Waals surface area (Å²) in [7, 11) is 4.55. The van der Waals surface area contributed by atoms with Crippen molar-refractivity contribution in [1.29, 1.82) is 0 Å². The standard InChI is InChI=1S/C17H20N2O4/c1-21-14-8-11(9-15(22-2)16(14)23-3)17(20)19-18-13-7-10-5-4-6-12(10)13/h4-5,8-10,12H,6-7H2,1-3H3,(H,19,20)/b18-13-. The topological polar surface area (TPSA) is 69.2 Å². The third-order valence-electron chi connectivity index (χ3n) is 4.39. The van der Waals surface area contributed by atoms with Crippen molar-refractivity contribution in [2.75, 3.05) is 21.3 Å². The molecule has 2 aliphatic carbocycles. The largest absolute Gasteiger partial charge is 0.493 e. The fourth-order valence-electron chi connectivity index (χ4n) is 3.06. The first-order valence-corrected chi connectivity index (χ1v) is 7.51. The van der Waals surface area contributed by atoms with Crippen molar-refractivity contribution in [2.24, 2.45) is 16.9 Å². The summed E-state index contributed by atoms with van der Waals surface area (Å²) in [5.41, 5.74) is 4.09. The zero-order valence-electron chi connectivity index (χ0n) is 13.5. The molecule has 2 aliphatic rings. The summed E-state index contributed by atoms with van der Waals surface area (Å²) in [6, 6.07) is 3.22. The van der Waals surface area contributed by atoms with Crippen LogP contribution in [0.3, 0.4) is 0 Å². The molecule has 1 amide bonds. The fraction of sp³-hybridized carbons (Fsp3) is 0.412. The fourth-order valence-corrected chi connectivity index (χ4v) is 3.06. The Morgan fingerprint density at radius 1 is 1.17 bits per heavy atom. The molecule has 1 N–H and O–H groups in total. The number of nitrogens with zero attached hydrogens (tertiary/aromatic N) is 1. The first kappa shape index (κ1) is 15.4. The number of rotatable bonds is 5. The number of nitrogens with one attached hydrogen (secondary N) is 1. The average Bonchev–Trinajstić information content (AvgIpc) is 2.94. The van der Waals surface area contributed by atoms with Gasteiger partial charge in [-0.05, 0) is 30.9 Å². The monoisotopic (exact) mass is 316 g/mol. The maximum absolute atomic E-state index is 12.3. The zero-order chi connectivity index (χ0) is 16.4. The molecular weight excluding hydrogens is 296 g/mol. The van der Waals surface area contributed by atoms with Gasteiger partial charge in [-0.25, -0.2) is 5.43 Å². The molecule has 2 atom stereocenters. The molecule has 0 heterocycles. The van der Waals surface area contributed by atoms with Gasteiger partial charge in [0.15, 0.2) is 11.5 Å². The average molecular weight is 316 g/mol. The van der Waals surface area contributed by atoms with Crippen molar-refractivity contribution in [3.8, 4) is 17.2 Å². The zero-order valence-corrected chi connectivity index (χ0v) is 13.5. The van der Waals surface area contributed by atoms with E-state index in [9.17, 15) is 4.79 Å². The van der Waals surface area contributed by atoms with E-state index in [-0.39, 0.29) is 5.91 Å². The molecule has 0 radical (unpaired) electrons. The first-order valence-electron chi connectivity index (χ1n) is 7.51. The summed E-state index contributed by atoms with van der Waals surface area (Å²) in [5.74, 6) is 2.10. The third-order valence-corrected chi connectivity index (χ3v) is 4.39. The van der Waals surface area contributed by atoms with E-state index >= 15 is 0 Å². The molecule has 1 aromatic carbocycles. The molecule has 1 fully saturated rings. The number of allylic oxidation sites excluding steroid dienone is 2. The molecule has 0 aromatic heterocycles. The summed E-state index contributed by atoms with van der Waals surface area (Å²) in [6.07, 6.45) is 6.35. The Bertz CT molecular complexity index is 656. The number of methoxy groups -OCH3 is 3. The van der Waals surface area contributed by atoms with Crippen molar-refractivity contribution >= 4 is 11.6 Å². The minimum Gasteiger partial charge on any atom is -0.493 e. The summed E-state index contributed by atoms with van der Waals surface area (Å²) >= 11 is 0. The van der Waals surface area contributed by atoms with Gasteiger partial charge in [0.2, 0.25) is 5.75 Å². The quantitative estimate of drug-likeness (QED) is 0.669. The molecule has 3 rings (SSSR count). The highest BCUT2D eigenvalue weighted by Gasteiger charge is 2.38. The predicted octanol–water partition coefficient (Wildman–Crippen LogP) is 2.39. The van der Waals surface area contributed by atoms with Gasteiger partial charge in [-0.2, -0.15) is 5.10 Å². The van der Waals surface area contributed by atoms with Gasteiger partial charge in [-0.15, -0.1) is 0 Å². The number of carbonyl (C=O) groups is 1. The minimum absolute atomic E-state index is 0.300. The smallest absolute Gasteiger partial charge is 0.271 e. The van der Waals surface area contributed by atoms with E-state index < -0.39 is 0 Å². The van der Waals surface area contributed by atoms with Crippen LogP contribution in [0.25, 0.3) is 0 Å². The minimum atomic E-state index is -0.300. The second kappa shape index (κ2) is 6.32. The Morgan fingerprint density at radius 2 is 1.87 bits per heavy atom. The molecule has 1 saturated carbocycles. The lowest BCUT2D eigenvalue weighted by molar-refractivity contribution is 0.0953. The van der Waals surface area contributed by atoms with Crippen LogP contribution < -0.4 is 19.6 Å². The number of hydrazone groups is 1. The molecule has 0 spiro atoms. The van der Waals surface area contributed by atoms with Crippen LogP contribution >= 0.6 is 0 Å². The van der Waals surface area contributed by atoms with Crippen molar-refractivity contribution in [1.82, 2.24) is 5.43 Å². The third kappa shape index (κ3) is 2.76. The Morgan fingerprint density at radius 3 is 2.43 bits per heavy atom. The van der Waals surface area contributed by atoms with Gasteiger partial charge in [0, 0.05) is 17.2 Å². The van der Waals surface area contributed by atoms with Crippen LogP contribution in [0.5, 0.6) is 17.2 Å². The molecule has 23 heavy (non-hydrogen) atoms. The van der Waals surface area contributed by atoms with Gasteiger partial charge >= 0.3 is 0 Å². The van der Waals surface area contributed by atoms with E-state index in [1.807, 2.05) is 0 Å². The van der Waals surface area contributed by atoms with Crippen LogP contribution in [-0.2, 0) is 0 Å². The van der Waals surface area contributed by atoms with Gasteiger partial charge in [-0.1, -0.05) is 12.2 Å². The van der Waals surface area contributed by atoms with Crippen LogP contribution in [0.4, 0.5) is 0 Å². The van der Waals surface area contributed by atoms with Gasteiger partial charge < -0.3 is 14.2 Å². The molecule has 1 aromatic rings. The summed E-state index contributed by atoms with van der Waals surface area (Å²) < 4.78 is 15.8. The van der Waals surface area contributed by atoms with Gasteiger partial charge in [0.1, 0.15) is 0 Å². The van der Waals surface area contributed by atoms with E-state index in [2.05, 4.69) is 22.7 Å². The van der Waals surface area contributed by atoms with Crippen LogP contribution in [0.1, 0.15) is 23.2 Å². The molecule has 2 unspecified atom stereocenters. The molecule has 6 nitrogen and oxygen atoms in total. The van der Waals surface area contributed by atoms with Gasteiger partial charge in [-0.3, -0.25) is 4.79 Å². The lowest BCUT2D eigenvalue weighted by atomic mass is 9.74. The van der Waals surface area contributed by atoms with E-state index in [4.69, 9.17) is 14.2 Å². The van der Waals surface area contributed by atoms with E-state index in [0.717, 1.165) is 18.6 Å². The highest BCUT2D eigenvalue weighted by atomic mass is 16.5. The first-order chi connectivity index (χ1) is 11.2. The highest BCUT2D eigenvalue weighted by Crippen LogP contribution is 2.40. The van der Waals surface area contributed by atoms with E-state index in [0.29, 0.717) is 34.6 Å². The molecule has 122 valence electrons. The Kier molecular flexibility index (Phi) is 4.23. The van der Waals surface area contributed by atoms with E-state index in [1.54, 1.807) is 12.1 Å². The molecule has 0 aliphatic heterocycles. The lowest BCUT2D eigenvalue weighted by Gasteiger charge is -2.31. The van der Waals surface area contributed by atoms with E-state index in [1.165, 1.54) is 21.3 Å². The normalized spacial score (nSPS) is 23.2. The van der Waals surface area contributed by atoms with Gasteiger partial charge in [0.05, 0.1) is 21.3 Å². The highest BCUT2D eigenvalue weighted by molar-refractivity contribution is 5.98. The number of ether oxygens (including phenoxy) is 3. The number of hydrogen-bond acceptors (Lipinski definition) is 5. The van der Waals surface area contributed by atoms with Crippen LogP contribution in [0.2, 0.25) is 0 Å². The Hall–Kier alpha value is -2.50. The van der Waals surface area contributed by atoms with Crippen molar-refractivity contribution in [2.45, 2.75) is 12.8 Å². The number of benzene rings is 1. The Balaban J connectivity index is 1.76. The Labute approximate surface area is 135 Å². The van der Waals surface area contributed by atoms with Crippen molar-refractivity contribution in [3.05, 3.63) is 29.8 Å². The van der Waals surface area contributed by atoms with Crippen molar-refractivity contribution in [3.63, 3.8) is 0 Å². The van der Waals surface area contributed by atoms with Crippen LogP contribution in [-0.4, -0.2) is 32.9 Å². The van der Waals surface area contributed by atoms with Gasteiger partial charge in [0.25, 0.3) is 5.91 Å². The van der Waals surface area contributed by atoms with Crippen LogP contribution in [0, 0.1) is 11.8 Å². The molecule has 6 heteroatoms. The lowest BCUT2D eigenvalue weighted by Crippen LogP contribution is -2.35. The number of fused-ring (bicyclic) bond motifs is 1.